The molecule has 0 unspecified atom stereocenters. The fourth-order valence-electron chi connectivity index (χ4n) is 5.28. The number of aliphatic hydroxyl groups is 1. The number of amides is 1. The second-order valence-corrected chi connectivity index (χ2v) is 10.2. The summed E-state index contributed by atoms with van der Waals surface area (Å²) in [4.78, 5) is 56.4. The Labute approximate surface area is 211 Å². The molecule has 1 fully saturated rings. The van der Waals surface area contributed by atoms with Crippen molar-refractivity contribution in [1.82, 2.24) is 29.4 Å². The molecular formula is C27H26N6O4. The maximum atomic E-state index is 13.2. The third-order valence-corrected chi connectivity index (χ3v) is 7.16. The van der Waals surface area contributed by atoms with Crippen molar-refractivity contribution in [3.8, 4) is 11.3 Å². The highest BCUT2D eigenvalue weighted by Crippen LogP contribution is 2.30. The summed E-state index contributed by atoms with van der Waals surface area (Å²) in [5.74, 6) is -0.344. The van der Waals surface area contributed by atoms with Crippen molar-refractivity contribution >= 4 is 33.9 Å². The summed E-state index contributed by atoms with van der Waals surface area (Å²) in [7, 11) is 0. The topological polar surface area (TPSA) is 134 Å². The number of nitrogens with one attached hydrogen (secondary N) is 1. The first kappa shape index (κ1) is 23.2. The van der Waals surface area contributed by atoms with E-state index in [1.165, 1.54) is 20.0 Å². The van der Waals surface area contributed by atoms with Crippen molar-refractivity contribution in [3.05, 3.63) is 68.8 Å². The minimum absolute atomic E-state index is 0.263. The molecule has 0 bridgehead atoms. The lowest BCUT2D eigenvalue weighted by molar-refractivity contribution is -0.149. The lowest BCUT2D eigenvalue weighted by Gasteiger charge is -2.36. The molecule has 10 nitrogen and oxygen atoms in total. The third-order valence-electron chi connectivity index (χ3n) is 7.16. The number of fused-ring (bicyclic) bond motifs is 4. The summed E-state index contributed by atoms with van der Waals surface area (Å²) < 4.78 is 1.59. The zero-order valence-electron chi connectivity index (χ0n) is 20.6. The molecule has 1 aliphatic carbocycles. The highest BCUT2D eigenvalue weighted by atomic mass is 16.3. The van der Waals surface area contributed by atoms with E-state index in [1.54, 1.807) is 15.7 Å². The molecule has 10 heteroatoms. The van der Waals surface area contributed by atoms with E-state index in [2.05, 4.69) is 21.0 Å². The Morgan fingerprint density at radius 3 is 2.68 bits per heavy atom. The Morgan fingerprint density at radius 1 is 1.14 bits per heavy atom. The Balaban J connectivity index is 1.48. The number of hydrogen-bond acceptors (Lipinski definition) is 7. The summed E-state index contributed by atoms with van der Waals surface area (Å²) in [5.41, 5.74) is 2.54. The molecule has 2 N–H and O–H groups in total. The number of hydrogen-bond donors (Lipinski definition) is 2. The van der Waals surface area contributed by atoms with Crippen molar-refractivity contribution in [2.45, 2.75) is 44.8 Å². The van der Waals surface area contributed by atoms with E-state index in [9.17, 15) is 19.5 Å². The largest absolute Gasteiger partial charge is 0.381 e. The number of likely N-dealkylation sites (tertiary alicyclic amines) is 1. The molecule has 0 spiro atoms. The first-order valence-electron chi connectivity index (χ1n) is 12.3. The monoisotopic (exact) mass is 498 g/mol. The lowest BCUT2D eigenvalue weighted by atomic mass is 10.0. The van der Waals surface area contributed by atoms with E-state index in [4.69, 9.17) is 4.98 Å². The second kappa shape index (κ2) is 8.45. The van der Waals surface area contributed by atoms with E-state index in [-0.39, 0.29) is 17.3 Å². The van der Waals surface area contributed by atoms with Crippen LogP contribution >= 0.6 is 0 Å². The number of allylic oxidation sites excluding steroid dienone is 1. The van der Waals surface area contributed by atoms with Crippen LogP contribution in [0.3, 0.4) is 0 Å². The van der Waals surface area contributed by atoms with Gasteiger partial charge in [0.15, 0.2) is 0 Å². The highest BCUT2D eigenvalue weighted by molar-refractivity contribution is 6.01. The van der Waals surface area contributed by atoms with Gasteiger partial charge in [0.05, 0.1) is 27.8 Å². The van der Waals surface area contributed by atoms with Crippen LogP contribution in [0.1, 0.15) is 44.0 Å². The van der Waals surface area contributed by atoms with Crippen molar-refractivity contribution < 1.29 is 9.90 Å². The van der Waals surface area contributed by atoms with Crippen LogP contribution in [0.2, 0.25) is 0 Å². The molecule has 1 saturated heterocycles. The average Bonchev–Trinajstić information content (AvgIpc) is 3.36. The van der Waals surface area contributed by atoms with Crippen LogP contribution in [0, 0.1) is 0 Å². The van der Waals surface area contributed by atoms with Crippen LogP contribution in [0.25, 0.3) is 39.3 Å². The molecule has 0 radical (unpaired) electrons. The summed E-state index contributed by atoms with van der Waals surface area (Å²) >= 11 is 0. The van der Waals surface area contributed by atoms with Gasteiger partial charge >= 0.3 is 5.69 Å². The Kier molecular flexibility index (Phi) is 5.30. The van der Waals surface area contributed by atoms with Gasteiger partial charge < -0.3 is 10.0 Å². The maximum Gasteiger partial charge on any atom is 0.329 e. The molecule has 6 rings (SSSR count). The van der Waals surface area contributed by atoms with Gasteiger partial charge in [0.2, 0.25) is 0 Å². The van der Waals surface area contributed by atoms with Crippen LogP contribution in [0.15, 0.2) is 46.3 Å². The van der Waals surface area contributed by atoms with Crippen LogP contribution in [0.4, 0.5) is 0 Å². The number of rotatable bonds is 3. The van der Waals surface area contributed by atoms with Crippen LogP contribution in [-0.4, -0.2) is 59.1 Å². The third kappa shape index (κ3) is 3.93. The average molecular weight is 499 g/mol. The molecule has 37 heavy (non-hydrogen) atoms. The molecule has 0 atom stereocenters. The van der Waals surface area contributed by atoms with Crippen molar-refractivity contribution in [2.75, 3.05) is 13.1 Å². The fraction of sp³-hybridized carbons (Fsp3) is 0.333. The first-order valence-corrected chi connectivity index (χ1v) is 12.3. The van der Waals surface area contributed by atoms with Gasteiger partial charge in [-0.1, -0.05) is 12.2 Å². The zero-order valence-corrected chi connectivity index (χ0v) is 20.6. The number of pyridine rings is 3. The predicted octanol–water partition coefficient (Wildman–Crippen LogP) is 2.20. The minimum Gasteiger partial charge on any atom is -0.381 e. The maximum absolute atomic E-state index is 13.2. The van der Waals surface area contributed by atoms with Crippen LogP contribution in [-0.2, 0) is 11.2 Å². The van der Waals surface area contributed by atoms with Gasteiger partial charge in [0.1, 0.15) is 11.1 Å². The van der Waals surface area contributed by atoms with Gasteiger partial charge in [-0.25, -0.2) is 9.78 Å². The van der Waals surface area contributed by atoms with E-state index < -0.39 is 16.9 Å². The van der Waals surface area contributed by atoms with Gasteiger partial charge in [-0.3, -0.25) is 29.1 Å². The van der Waals surface area contributed by atoms with Crippen molar-refractivity contribution in [2.24, 2.45) is 0 Å². The Hall–Kier alpha value is -4.18. The Morgan fingerprint density at radius 2 is 1.92 bits per heavy atom. The molecule has 4 aromatic rings. The molecule has 4 aromatic heterocycles. The summed E-state index contributed by atoms with van der Waals surface area (Å²) in [6.07, 6.45) is 9.16. The van der Waals surface area contributed by atoms with Gasteiger partial charge in [-0.15, -0.1) is 0 Å². The van der Waals surface area contributed by atoms with Gasteiger partial charge in [-0.2, -0.15) is 0 Å². The quantitative estimate of drug-likeness (QED) is 0.414. The molecule has 1 amide bonds. The summed E-state index contributed by atoms with van der Waals surface area (Å²) in [6.45, 7) is 3.71. The molecule has 0 saturated carbocycles. The highest BCUT2D eigenvalue weighted by Gasteiger charge is 2.33. The van der Waals surface area contributed by atoms with E-state index in [1.807, 2.05) is 24.3 Å². The number of piperidine rings is 1. The smallest absolute Gasteiger partial charge is 0.329 e. The van der Waals surface area contributed by atoms with E-state index in [0.29, 0.717) is 48.2 Å². The molecule has 0 aromatic carbocycles. The number of carbonyl (C=O) groups is 1. The Bertz CT molecular complexity index is 1720. The van der Waals surface area contributed by atoms with Crippen molar-refractivity contribution in [3.63, 3.8) is 0 Å². The minimum atomic E-state index is -1.46. The summed E-state index contributed by atoms with van der Waals surface area (Å²) in [6, 6.07) is 5.47. The number of H-pyrrole nitrogens is 1. The first-order chi connectivity index (χ1) is 17.7. The number of aromatic amines is 1. The number of aromatic nitrogens is 5. The fourth-order valence-corrected chi connectivity index (χ4v) is 5.28. The van der Waals surface area contributed by atoms with Crippen molar-refractivity contribution in [1.29, 1.82) is 0 Å². The molecule has 1 aliphatic heterocycles. The van der Waals surface area contributed by atoms with E-state index in [0.717, 1.165) is 23.2 Å². The van der Waals surface area contributed by atoms with Gasteiger partial charge in [0.25, 0.3) is 11.5 Å². The molecule has 5 heterocycles. The second-order valence-electron chi connectivity index (χ2n) is 10.2. The van der Waals surface area contributed by atoms with Crippen LogP contribution < -0.4 is 11.2 Å². The normalized spacial score (nSPS) is 16.0. The lowest BCUT2D eigenvalue weighted by Crippen LogP contribution is -2.49. The SMILES string of the molecule is CC(C)(O)C(=O)N1CCC(n2c(=O)[nH]c(=O)c3cnc4ccc(-c5cnc6c(c5)C=CC6)nc4c32)CC1. The van der Waals surface area contributed by atoms with Crippen LogP contribution in [0.5, 0.6) is 0 Å². The van der Waals surface area contributed by atoms with Gasteiger partial charge in [-0.05, 0) is 50.5 Å². The predicted molar refractivity (Wildman–Crippen MR) is 139 cm³/mol. The molecule has 2 aliphatic rings. The number of nitrogens with zero attached hydrogens (tertiary/aromatic N) is 5. The molecular weight excluding hydrogens is 472 g/mol. The van der Waals surface area contributed by atoms with E-state index >= 15 is 0 Å². The zero-order chi connectivity index (χ0) is 25.9. The standard InChI is InChI=1S/C27H26N6O4/c1-27(2,37)25(35)32-10-8-17(9-11-32)33-23-18(24(34)31-26(33)36)14-29-21-7-6-20(30-22(21)23)16-12-15-4-3-5-19(15)28-13-16/h3-4,6-7,12-14,17,37H,5,8-11H2,1-2H3,(H,31,34,36). The molecule has 188 valence electrons. The van der Waals surface area contributed by atoms with Gasteiger partial charge in [0, 0.05) is 43.5 Å². The number of carbonyl (C=O) groups excluding carboxylic acids is 1. The summed E-state index contributed by atoms with van der Waals surface area (Å²) in [5, 5.41) is 10.4.